The number of fused-ring (bicyclic) bond motifs is 1. The average Bonchev–Trinajstić information content (AvgIpc) is 3.23. The van der Waals surface area contributed by atoms with Gasteiger partial charge in [0.15, 0.2) is 0 Å². The summed E-state index contributed by atoms with van der Waals surface area (Å²) in [7, 11) is 0. The van der Waals surface area contributed by atoms with E-state index in [1.807, 2.05) is 38.2 Å². The van der Waals surface area contributed by atoms with Crippen LogP contribution in [-0.4, -0.2) is 39.7 Å². The molecule has 2 amide bonds. The van der Waals surface area contributed by atoms with E-state index in [4.69, 9.17) is 0 Å². The highest BCUT2D eigenvalue weighted by atomic mass is 16.2. The molecule has 0 bridgehead atoms. The molecule has 0 aliphatic heterocycles. The Morgan fingerprint density at radius 2 is 2.04 bits per heavy atom. The highest BCUT2D eigenvalue weighted by Crippen LogP contribution is 2.17. The minimum Gasteiger partial charge on any atom is -0.361 e. The molecule has 0 radical (unpaired) electrons. The fraction of sp³-hybridized carbons (Fsp3) is 0.316. The van der Waals surface area contributed by atoms with Gasteiger partial charge in [-0.15, -0.1) is 0 Å². The quantitative estimate of drug-likeness (QED) is 0.605. The molecule has 26 heavy (non-hydrogen) atoms. The second-order valence-electron chi connectivity index (χ2n) is 6.13. The lowest BCUT2D eigenvalue weighted by molar-refractivity contribution is -0.120. The summed E-state index contributed by atoms with van der Waals surface area (Å²) in [6, 6.07) is 9.78. The first-order valence-corrected chi connectivity index (χ1v) is 8.73. The maximum atomic E-state index is 12.2. The Hall–Kier alpha value is -3.09. The van der Waals surface area contributed by atoms with Gasteiger partial charge in [-0.2, -0.15) is 5.10 Å². The van der Waals surface area contributed by atoms with E-state index in [1.54, 1.807) is 10.7 Å². The number of hydrogen-bond donors (Lipinski definition) is 3. The summed E-state index contributed by atoms with van der Waals surface area (Å²) in [5, 5.41) is 10.9. The fourth-order valence-corrected chi connectivity index (χ4v) is 2.96. The maximum Gasteiger partial charge on any atom is 0.269 e. The summed E-state index contributed by atoms with van der Waals surface area (Å²) in [6.07, 6.45) is 2.69. The van der Waals surface area contributed by atoms with E-state index < -0.39 is 0 Å². The van der Waals surface area contributed by atoms with Gasteiger partial charge < -0.3 is 15.6 Å². The highest BCUT2D eigenvalue weighted by molar-refractivity contribution is 5.95. The Labute approximate surface area is 151 Å². The van der Waals surface area contributed by atoms with Crippen molar-refractivity contribution in [1.29, 1.82) is 0 Å². The Morgan fingerprint density at radius 3 is 2.85 bits per heavy atom. The lowest BCUT2D eigenvalue weighted by atomic mass is 10.1. The topological polar surface area (TPSA) is 91.8 Å². The van der Waals surface area contributed by atoms with E-state index in [0.717, 1.165) is 23.2 Å². The van der Waals surface area contributed by atoms with E-state index in [0.29, 0.717) is 18.8 Å². The van der Waals surface area contributed by atoms with Crippen molar-refractivity contribution in [3.05, 3.63) is 53.5 Å². The molecule has 0 fully saturated rings. The summed E-state index contributed by atoms with van der Waals surface area (Å²) in [6.45, 7) is 4.82. The zero-order chi connectivity index (χ0) is 18.5. The van der Waals surface area contributed by atoms with Gasteiger partial charge in [0, 0.05) is 30.2 Å². The van der Waals surface area contributed by atoms with Crippen LogP contribution in [0.1, 0.15) is 28.7 Å². The van der Waals surface area contributed by atoms with Gasteiger partial charge in [0.25, 0.3) is 5.91 Å². The van der Waals surface area contributed by atoms with Gasteiger partial charge in [-0.1, -0.05) is 18.2 Å². The van der Waals surface area contributed by atoms with Crippen LogP contribution < -0.4 is 10.6 Å². The standard InChI is InChI=1S/C19H23N5O2/c1-3-24-17(10-13(2)23-24)19(26)22-12-18(25)20-9-8-14-11-21-16-7-5-4-6-15(14)16/h4-7,10-11,21H,3,8-9,12H2,1-2H3,(H,20,25)(H,22,26). The monoisotopic (exact) mass is 353 g/mol. The predicted octanol–water partition coefficient (Wildman–Crippen LogP) is 1.78. The molecule has 0 unspecified atom stereocenters. The number of aromatic nitrogens is 3. The molecule has 3 rings (SSSR count). The third kappa shape index (κ3) is 3.93. The van der Waals surface area contributed by atoms with Crippen molar-refractivity contribution in [2.24, 2.45) is 0 Å². The smallest absolute Gasteiger partial charge is 0.269 e. The Morgan fingerprint density at radius 1 is 1.23 bits per heavy atom. The van der Waals surface area contributed by atoms with Crippen LogP contribution in [0.5, 0.6) is 0 Å². The molecule has 0 atom stereocenters. The summed E-state index contributed by atoms with van der Waals surface area (Å²) in [5.74, 6) is -0.503. The number of nitrogens with one attached hydrogen (secondary N) is 3. The number of aryl methyl sites for hydroxylation is 2. The second-order valence-corrected chi connectivity index (χ2v) is 6.13. The summed E-state index contributed by atoms with van der Waals surface area (Å²) in [5.41, 5.74) is 3.49. The molecule has 3 N–H and O–H groups in total. The predicted molar refractivity (Wildman–Crippen MR) is 100.0 cm³/mol. The van der Waals surface area contributed by atoms with Crippen molar-refractivity contribution in [1.82, 2.24) is 25.4 Å². The third-order valence-corrected chi connectivity index (χ3v) is 4.24. The van der Waals surface area contributed by atoms with Crippen molar-refractivity contribution in [3.63, 3.8) is 0 Å². The third-order valence-electron chi connectivity index (χ3n) is 4.24. The van der Waals surface area contributed by atoms with Gasteiger partial charge in [-0.05, 0) is 38.0 Å². The Bertz CT molecular complexity index is 925. The summed E-state index contributed by atoms with van der Waals surface area (Å²) < 4.78 is 1.62. The summed E-state index contributed by atoms with van der Waals surface area (Å²) >= 11 is 0. The zero-order valence-electron chi connectivity index (χ0n) is 15.0. The van der Waals surface area contributed by atoms with Crippen LogP contribution in [0.4, 0.5) is 0 Å². The van der Waals surface area contributed by atoms with Crippen molar-refractivity contribution in [2.75, 3.05) is 13.1 Å². The number of benzene rings is 1. The lowest BCUT2D eigenvalue weighted by Crippen LogP contribution is -2.38. The SMILES string of the molecule is CCn1nc(C)cc1C(=O)NCC(=O)NCCc1c[nH]c2ccccc12. The van der Waals surface area contributed by atoms with E-state index in [1.165, 1.54) is 5.39 Å². The molecule has 0 aliphatic rings. The van der Waals surface area contributed by atoms with Gasteiger partial charge in [0.1, 0.15) is 5.69 Å². The summed E-state index contributed by atoms with van der Waals surface area (Å²) in [4.78, 5) is 27.4. The van der Waals surface area contributed by atoms with E-state index in [-0.39, 0.29) is 18.4 Å². The number of aromatic amines is 1. The number of para-hydroxylation sites is 1. The number of rotatable bonds is 7. The van der Waals surface area contributed by atoms with Crippen LogP contribution in [0.2, 0.25) is 0 Å². The molecule has 7 nitrogen and oxygen atoms in total. The first kappa shape index (κ1) is 17.7. The molecule has 3 aromatic rings. The molecule has 0 saturated heterocycles. The molecular formula is C19H23N5O2. The van der Waals surface area contributed by atoms with Gasteiger partial charge in [-0.25, -0.2) is 0 Å². The minimum atomic E-state index is -0.292. The number of amides is 2. The second kappa shape index (κ2) is 7.86. The molecule has 0 aliphatic carbocycles. The Kier molecular flexibility index (Phi) is 5.36. The molecule has 0 spiro atoms. The van der Waals surface area contributed by atoms with E-state index >= 15 is 0 Å². The van der Waals surface area contributed by atoms with Crippen molar-refractivity contribution in [2.45, 2.75) is 26.8 Å². The molecule has 1 aromatic carbocycles. The lowest BCUT2D eigenvalue weighted by Gasteiger charge is -2.08. The maximum absolute atomic E-state index is 12.2. The molecule has 7 heteroatoms. The van der Waals surface area contributed by atoms with Crippen LogP contribution >= 0.6 is 0 Å². The highest BCUT2D eigenvalue weighted by Gasteiger charge is 2.14. The minimum absolute atomic E-state index is 0.0549. The molecule has 0 saturated carbocycles. The van der Waals surface area contributed by atoms with E-state index in [9.17, 15) is 9.59 Å². The van der Waals surface area contributed by atoms with Crippen LogP contribution in [0.3, 0.4) is 0 Å². The molecular weight excluding hydrogens is 330 g/mol. The van der Waals surface area contributed by atoms with Crippen molar-refractivity contribution < 1.29 is 9.59 Å². The molecule has 136 valence electrons. The van der Waals surface area contributed by atoms with Crippen molar-refractivity contribution >= 4 is 22.7 Å². The van der Waals surface area contributed by atoms with Crippen LogP contribution in [-0.2, 0) is 17.8 Å². The van der Waals surface area contributed by atoms with Crippen LogP contribution in [0, 0.1) is 6.92 Å². The number of H-pyrrole nitrogens is 1. The first-order chi connectivity index (χ1) is 12.6. The van der Waals surface area contributed by atoms with Gasteiger partial charge in [-0.3, -0.25) is 14.3 Å². The molecule has 2 heterocycles. The zero-order valence-corrected chi connectivity index (χ0v) is 15.0. The van der Waals surface area contributed by atoms with Gasteiger partial charge in [0.05, 0.1) is 12.2 Å². The van der Waals surface area contributed by atoms with E-state index in [2.05, 4.69) is 26.8 Å². The Balaban J connectivity index is 1.46. The molecule has 2 aromatic heterocycles. The van der Waals surface area contributed by atoms with Crippen molar-refractivity contribution in [3.8, 4) is 0 Å². The van der Waals surface area contributed by atoms with Crippen LogP contribution in [0.25, 0.3) is 10.9 Å². The largest absolute Gasteiger partial charge is 0.361 e. The van der Waals surface area contributed by atoms with Gasteiger partial charge >= 0.3 is 0 Å². The van der Waals surface area contributed by atoms with Gasteiger partial charge in [0.2, 0.25) is 5.91 Å². The number of nitrogens with zero attached hydrogens (tertiary/aromatic N) is 2. The van der Waals surface area contributed by atoms with Crippen LogP contribution in [0.15, 0.2) is 36.5 Å². The normalized spacial score (nSPS) is 10.8. The first-order valence-electron chi connectivity index (χ1n) is 8.73. The average molecular weight is 353 g/mol. The number of carbonyl (C=O) groups is 2. The number of hydrogen-bond acceptors (Lipinski definition) is 3. The number of carbonyl (C=O) groups excluding carboxylic acids is 2. The fourth-order valence-electron chi connectivity index (χ4n) is 2.96.